The average molecular weight is 366 g/mol. The number of hydrogen-bond donors (Lipinski definition) is 0. The van der Waals surface area contributed by atoms with Gasteiger partial charge < -0.3 is 9.80 Å². The first kappa shape index (κ1) is 19.0. The lowest BCUT2D eigenvalue weighted by atomic mass is 10.1. The second-order valence-corrected chi connectivity index (χ2v) is 7.14. The molecule has 2 aliphatic rings. The van der Waals surface area contributed by atoms with Gasteiger partial charge in [0, 0.05) is 25.2 Å². The summed E-state index contributed by atoms with van der Waals surface area (Å²) in [5.74, 6) is -0.0515. The van der Waals surface area contributed by atoms with Gasteiger partial charge in [0.1, 0.15) is 0 Å². The summed E-state index contributed by atoms with van der Waals surface area (Å²) in [4.78, 5) is 16.9. The van der Waals surface area contributed by atoms with Crippen molar-refractivity contribution in [3.05, 3.63) is 41.5 Å². The number of nitrogens with zero attached hydrogens (tertiary/aromatic N) is 2. The van der Waals surface area contributed by atoms with Crippen molar-refractivity contribution in [1.29, 1.82) is 0 Å². The highest BCUT2D eigenvalue weighted by atomic mass is 19.4. The van der Waals surface area contributed by atoms with Crippen molar-refractivity contribution in [3.8, 4) is 0 Å². The zero-order valence-electron chi connectivity index (χ0n) is 14.8. The first-order valence-corrected chi connectivity index (χ1v) is 9.32. The molecule has 1 aromatic carbocycles. The lowest BCUT2D eigenvalue weighted by molar-refractivity contribution is -0.137. The molecule has 2 heterocycles. The van der Waals surface area contributed by atoms with E-state index in [1.807, 2.05) is 4.90 Å². The Labute approximate surface area is 152 Å². The zero-order valence-corrected chi connectivity index (χ0v) is 14.8. The molecule has 1 aromatic rings. The fourth-order valence-electron chi connectivity index (χ4n) is 3.80. The van der Waals surface area contributed by atoms with Gasteiger partial charge in [-0.3, -0.25) is 4.79 Å². The molecule has 1 atom stereocenters. The SMILES string of the molecule is O=C(C=Cc1ccc(C(F)(F)F)cc1)N1CCCC1CN1CCCCC1. The summed E-state index contributed by atoms with van der Waals surface area (Å²) in [6.45, 7) is 3.91. The molecule has 0 aliphatic carbocycles. The molecule has 26 heavy (non-hydrogen) atoms. The summed E-state index contributed by atoms with van der Waals surface area (Å²) in [5.41, 5.74) is -0.0831. The second kappa shape index (κ2) is 8.25. The topological polar surface area (TPSA) is 23.6 Å². The van der Waals surface area contributed by atoms with Crippen molar-refractivity contribution >= 4 is 12.0 Å². The average Bonchev–Trinajstić information content (AvgIpc) is 3.08. The van der Waals surface area contributed by atoms with Crippen LogP contribution in [0.5, 0.6) is 0 Å². The molecule has 2 aliphatic heterocycles. The lowest BCUT2D eigenvalue weighted by Gasteiger charge is -2.32. The molecule has 2 saturated heterocycles. The smallest absolute Gasteiger partial charge is 0.335 e. The minimum Gasteiger partial charge on any atom is -0.335 e. The molecule has 0 spiro atoms. The number of piperidine rings is 1. The first-order chi connectivity index (χ1) is 12.4. The molecule has 0 aromatic heterocycles. The van der Waals surface area contributed by atoms with E-state index in [2.05, 4.69) is 4.90 Å². The number of carbonyl (C=O) groups excluding carboxylic acids is 1. The van der Waals surface area contributed by atoms with Crippen molar-refractivity contribution in [2.24, 2.45) is 0 Å². The standard InChI is InChI=1S/C20H25F3N2O/c21-20(22,23)17-9-6-16(7-10-17)8-11-19(26)25-14-4-5-18(25)15-24-12-2-1-3-13-24/h6-11,18H,1-5,12-15H2. The van der Waals surface area contributed by atoms with E-state index >= 15 is 0 Å². The Morgan fingerprint density at radius 3 is 2.38 bits per heavy atom. The van der Waals surface area contributed by atoms with E-state index < -0.39 is 11.7 Å². The van der Waals surface area contributed by atoms with Crippen molar-refractivity contribution in [2.75, 3.05) is 26.2 Å². The number of halogens is 3. The van der Waals surface area contributed by atoms with Crippen LogP contribution in [0.2, 0.25) is 0 Å². The third-order valence-corrected chi connectivity index (χ3v) is 5.23. The summed E-state index contributed by atoms with van der Waals surface area (Å²) in [6.07, 6.45) is 4.53. The lowest BCUT2D eigenvalue weighted by Crippen LogP contribution is -2.44. The van der Waals surface area contributed by atoms with Crippen LogP contribution in [-0.2, 0) is 11.0 Å². The molecule has 0 bridgehead atoms. The number of benzene rings is 1. The summed E-state index contributed by atoms with van der Waals surface area (Å²) >= 11 is 0. The quantitative estimate of drug-likeness (QED) is 0.746. The van der Waals surface area contributed by atoms with Gasteiger partial charge in [0.15, 0.2) is 0 Å². The summed E-state index contributed by atoms with van der Waals surface area (Å²) in [7, 11) is 0. The highest BCUT2D eigenvalue weighted by Crippen LogP contribution is 2.29. The minimum atomic E-state index is -4.34. The zero-order chi connectivity index (χ0) is 18.6. The summed E-state index contributed by atoms with van der Waals surface area (Å²) < 4.78 is 37.8. The second-order valence-electron chi connectivity index (χ2n) is 7.14. The highest BCUT2D eigenvalue weighted by Gasteiger charge is 2.30. The third kappa shape index (κ3) is 4.87. The Kier molecular flexibility index (Phi) is 6.01. The van der Waals surface area contributed by atoms with Gasteiger partial charge in [-0.05, 0) is 62.5 Å². The predicted octanol–water partition coefficient (Wildman–Crippen LogP) is 4.20. The molecular formula is C20H25F3N2O. The van der Waals surface area contributed by atoms with Crippen LogP contribution in [-0.4, -0.2) is 47.9 Å². The first-order valence-electron chi connectivity index (χ1n) is 9.32. The van der Waals surface area contributed by atoms with Crippen molar-refractivity contribution in [2.45, 2.75) is 44.3 Å². The van der Waals surface area contributed by atoms with Crippen LogP contribution in [0.4, 0.5) is 13.2 Å². The number of carbonyl (C=O) groups is 1. The maximum Gasteiger partial charge on any atom is 0.416 e. The molecule has 0 radical (unpaired) electrons. The largest absolute Gasteiger partial charge is 0.416 e. The Hall–Kier alpha value is -1.82. The van der Waals surface area contributed by atoms with Crippen LogP contribution >= 0.6 is 0 Å². The molecule has 1 unspecified atom stereocenters. The molecule has 3 rings (SSSR count). The van der Waals surface area contributed by atoms with E-state index in [0.29, 0.717) is 5.56 Å². The van der Waals surface area contributed by atoms with Gasteiger partial charge in [0.2, 0.25) is 5.91 Å². The maximum absolute atomic E-state index is 12.6. The van der Waals surface area contributed by atoms with Gasteiger partial charge in [-0.15, -0.1) is 0 Å². The van der Waals surface area contributed by atoms with Crippen LogP contribution in [0.25, 0.3) is 6.08 Å². The summed E-state index contributed by atoms with van der Waals surface area (Å²) in [5, 5.41) is 0. The third-order valence-electron chi connectivity index (χ3n) is 5.23. The van der Waals surface area contributed by atoms with Crippen molar-refractivity contribution in [3.63, 3.8) is 0 Å². The summed E-state index contributed by atoms with van der Waals surface area (Å²) in [6, 6.07) is 5.11. The molecule has 2 fully saturated rings. The number of alkyl halides is 3. The van der Waals surface area contributed by atoms with E-state index in [9.17, 15) is 18.0 Å². The van der Waals surface area contributed by atoms with Gasteiger partial charge >= 0.3 is 6.18 Å². The van der Waals surface area contributed by atoms with Gasteiger partial charge in [-0.1, -0.05) is 18.6 Å². The fraction of sp³-hybridized carbons (Fsp3) is 0.550. The van der Waals surface area contributed by atoms with Crippen molar-refractivity contribution < 1.29 is 18.0 Å². The normalized spacial score (nSPS) is 22.3. The van der Waals surface area contributed by atoms with E-state index in [1.54, 1.807) is 6.08 Å². The maximum atomic E-state index is 12.6. The monoisotopic (exact) mass is 366 g/mol. The van der Waals surface area contributed by atoms with Crippen LogP contribution in [0.3, 0.4) is 0 Å². The Morgan fingerprint density at radius 1 is 1.04 bits per heavy atom. The number of rotatable bonds is 4. The Morgan fingerprint density at radius 2 is 1.73 bits per heavy atom. The molecule has 3 nitrogen and oxygen atoms in total. The fourth-order valence-corrected chi connectivity index (χ4v) is 3.80. The van der Waals surface area contributed by atoms with E-state index in [4.69, 9.17) is 0 Å². The highest BCUT2D eigenvalue weighted by molar-refractivity contribution is 5.92. The van der Waals surface area contributed by atoms with Crippen LogP contribution in [0.15, 0.2) is 30.3 Å². The molecule has 0 saturated carbocycles. The number of hydrogen-bond acceptors (Lipinski definition) is 2. The van der Waals surface area contributed by atoms with Crippen LogP contribution in [0, 0.1) is 0 Å². The molecular weight excluding hydrogens is 341 g/mol. The van der Waals surface area contributed by atoms with E-state index in [1.165, 1.54) is 37.5 Å². The van der Waals surface area contributed by atoms with E-state index in [-0.39, 0.29) is 11.9 Å². The molecule has 1 amide bonds. The molecule has 142 valence electrons. The van der Waals surface area contributed by atoms with Gasteiger partial charge in [0.25, 0.3) is 0 Å². The minimum absolute atomic E-state index is 0.0515. The number of likely N-dealkylation sites (tertiary alicyclic amines) is 2. The number of amides is 1. The van der Waals surface area contributed by atoms with Gasteiger partial charge in [-0.2, -0.15) is 13.2 Å². The Balaban J connectivity index is 1.58. The Bertz CT molecular complexity index is 633. The van der Waals surface area contributed by atoms with E-state index in [0.717, 1.165) is 51.2 Å². The van der Waals surface area contributed by atoms with Gasteiger partial charge in [-0.25, -0.2) is 0 Å². The molecule has 0 N–H and O–H groups in total. The molecule has 6 heteroatoms. The van der Waals surface area contributed by atoms with Crippen molar-refractivity contribution in [1.82, 2.24) is 9.80 Å². The van der Waals surface area contributed by atoms with Crippen LogP contribution in [0.1, 0.15) is 43.2 Å². The van der Waals surface area contributed by atoms with Crippen LogP contribution < -0.4 is 0 Å². The predicted molar refractivity (Wildman–Crippen MR) is 95.5 cm³/mol. The van der Waals surface area contributed by atoms with Gasteiger partial charge in [0.05, 0.1) is 5.56 Å².